The van der Waals surface area contributed by atoms with Crippen molar-refractivity contribution in [2.24, 2.45) is 0 Å². The Morgan fingerprint density at radius 3 is 1.91 bits per heavy atom. The fraction of sp³-hybridized carbons (Fsp3) is 0.118. The molecule has 0 saturated heterocycles. The Bertz CT molecular complexity index is 790. The summed E-state index contributed by atoms with van der Waals surface area (Å²) in [6, 6.07) is 8.91. The fourth-order valence-electron chi connectivity index (χ4n) is 2.27. The largest absolute Gasteiger partial charge is 0.478 e. The Labute approximate surface area is 126 Å². The van der Waals surface area contributed by atoms with Crippen LogP contribution in [-0.4, -0.2) is 27.9 Å². The normalized spacial score (nSPS) is 10.3. The monoisotopic (exact) mass is 298 g/mol. The van der Waals surface area contributed by atoms with Gasteiger partial charge in [-0.15, -0.1) is 0 Å². The maximum Gasteiger partial charge on any atom is 0.336 e. The minimum Gasteiger partial charge on any atom is -0.478 e. The minimum absolute atomic E-state index is 0.148. The minimum atomic E-state index is -1.38. The van der Waals surface area contributed by atoms with Crippen molar-refractivity contribution in [3.05, 3.63) is 69.8 Å². The molecule has 5 nitrogen and oxygen atoms in total. The number of hydrogen-bond acceptors (Lipinski definition) is 3. The average Bonchev–Trinajstić information content (AvgIpc) is 2.45. The first-order valence-corrected chi connectivity index (χ1v) is 6.54. The molecule has 0 saturated carbocycles. The zero-order valence-electron chi connectivity index (χ0n) is 12.1. The van der Waals surface area contributed by atoms with Crippen molar-refractivity contribution < 1.29 is 24.6 Å². The summed E-state index contributed by atoms with van der Waals surface area (Å²) in [6.45, 7) is 3.70. The van der Waals surface area contributed by atoms with E-state index >= 15 is 0 Å². The number of carboxylic acid groups (broad SMARTS) is 2. The maximum atomic E-state index is 12.5. The SMILES string of the molecule is Cc1ccc(C(=O)c2ccc(C(=O)O)c(C(=O)O)c2)c(C)c1. The van der Waals surface area contributed by atoms with Crippen LogP contribution >= 0.6 is 0 Å². The van der Waals surface area contributed by atoms with Crippen LogP contribution in [0.2, 0.25) is 0 Å². The van der Waals surface area contributed by atoms with E-state index in [1.165, 1.54) is 6.07 Å². The van der Waals surface area contributed by atoms with E-state index in [2.05, 4.69) is 0 Å². The summed E-state index contributed by atoms with van der Waals surface area (Å²) in [4.78, 5) is 34.7. The Kier molecular flexibility index (Phi) is 4.08. The number of ketones is 1. The number of aromatic carboxylic acids is 2. The van der Waals surface area contributed by atoms with E-state index in [1.54, 1.807) is 19.1 Å². The summed E-state index contributed by atoms with van der Waals surface area (Å²) in [6.07, 6.45) is 0. The molecule has 0 aliphatic rings. The van der Waals surface area contributed by atoms with Gasteiger partial charge in [-0.2, -0.15) is 0 Å². The highest BCUT2D eigenvalue weighted by Gasteiger charge is 2.19. The molecule has 2 aromatic rings. The Morgan fingerprint density at radius 2 is 1.36 bits per heavy atom. The number of benzene rings is 2. The van der Waals surface area contributed by atoms with Crippen molar-refractivity contribution >= 4 is 17.7 Å². The fourth-order valence-corrected chi connectivity index (χ4v) is 2.27. The smallest absolute Gasteiger partial charge is 0.336 e. The highest BCUT2D eigenvalue weighted by Crippen LogP contribution is 2.19. The van der Waals surface area contributed by atoms with Crippen molar-refractivity contribution in [2.75, 3.05) is 0 Å². The van der Waals surface area contributed by atoms with Gasteiger partial charge in [-0.25, -0.2) is 9.59 Å². The van der Waals surface area contributed by atoms with E-state index in [-0.39, 0.29) is 16.9 Å². The predicted molar refractivity (Wildman–Crippen MR) is 79.7 cm³/mol. The molecular formula is C17H14O5. The van der Waals surface area contributed by atoms with Crippen molar-refractivity contribution in [1.29, 1.82) is 0 Å². The van der Waals surface area contributed by atoms with E-state index < -0.39 is 17.5 Å². The third kappa shape index (κ3) is 2.88. The van der Waals surface area contributed by atoms with Crippen LogP contribution in [0.5, 0.6) is 0 Å². The highest BCUT2D eigenvalue weighted by atomic mass is 16.4. The zero-order chi connectivity index (χ0) is 16.4. The van der Waals surface area contributed by atoms with Gasteiger partial charge in [0.15, 0.2) is 5.78 Å². The molecule has 0 aliphatic carbocycles. The van der Waals surface area contributed by atoms with Crippen molar-refractivity contribution in [3.63, 3.8) is 0 Å². The van der Waals surface area contributed by atoms with Crippen LogP contribution in [0.1, 0.15) is 47.8 Å². The van der Waals surface area contributed by atoms with Crippen LogP contribution in [-0.2, 0) is 0 Å². The summed E-state index contributed by atoms with van der Waals surface area (Å²) >= 11 is 0. The molecule has 0 bridgehead atoms. The summed E-state index contributed by atoms with van der Waals surface area (Å²) in [5.74, 6) is -3.06. The average molecular weight is 298 g/mol. The van der Waals surface area contributed by atoms with Gasteiger partial charge < -0.3 is 10.2 Å². The Morgan fingerprint density at radius 1 is 0.773 bits per heavy atom. The van der Waals surface area contributed by atoms with Gasteiger partial charge in [0, 0.05) is 11.1 Å². The zero-order valence-corrected chi connectivity index (χ0v) is 12.1. The van der Waals surface area contributed by atoms with Gasteiger partial charge >= 0.3 is 11.9 Å². The molecule has 2 rings (SSSR count). The molecule has 2 aromatic carbocycles. The molecule has 22 heavy (non-hydrogen) atoms. The summed E-state index contributed by atoms with van der Waals surface area (Å²) in [7, 11) is 0. The van der Waals surface area contributed by atoms with E-state index in [0.717, 1.165) is 23.3 Å². The predicted octanol–water partition coefficient (Wildman–Crippen LogP) is 2.93. The molecule has 5 heteroatoms. The summed E-state index contributed by atoms with van der Waals surface area (Å²) < 4.78 is 0. The molecule has 0 aliphatic heterocycles. The van der Waals surface area contributed by atoms with Gasteiger partial charge in [-0.1, -0.05) is 29.8 Å². The van der Waals surface area contributed by atoms with E-state index in [1.807, 2.05) is 13.0 Å². The van der Waals surface area contributed by atoms with Crippen LogP contribution in [0, 0.1) is 13.8 Å². The van der Waals surface area contributed by atoms with Crippen LogP contribution in [0.25, 0.3) is 0 Å². The van der Waals surface area contributed by atoms with E-state index in [0.29, 0.717) is 5.56 Å². The lowest BCUT2D eigenvalue weighted by Gasteiger charge is -2.08. The lowest BCUT2D eigenvalue weighted by atomic mass is 9.95. The number of carbonyl (C=O) groups excluding carboxylic acids is 1. The van der Waals surface area contributed by atoms with Crippen molar-refractivity contribution in [3.8, 4) is 0 Å². The van der Waals surface area contributed by atoms with Gasteiger partial charge in [-0.05, 0) is 31.5 Å². The first-order valence-electron chi connectivity index (χ1n) is 6.54. The van der Waals surface area contributed by atoms with E-state index in [9.17, 15) is 14.4 Å². The lowest BCUT2D eigenvalue weighted by Crippen LogP contribution is -2.11. The van der Waals surface area contributed by atoms with Gasteiger partial charge in [-0.3, -0.25) is 4.79 Å². The van der Waals surface area contributed by atoms with Crippen LogP contribution in [0.3, 0.4) is 0 Å². The molecule has 0 heterocycles. The molecule has 2 N–H and O–H groups in total. The molecule has 0 radical (unpaired) electrons. The molecule has 0 unspecified atom stereocenters. The molecule has 0 atom stereocenters. The molecule has 0 spiro atoms. The second kappa shape index (κ2) is 5.81. The van der Waals surface area contributed by atoms with Crippen LogP contribution < -0.4 is 0 Å². The second-order valence-electron chi connectivity index (χ2n) is 5.02. The molecular weight excluding hydrogens is 284 g/mol. The molecule has 0 aromatic heterocycles. The van der Waals surface area contributed by atoms with Crippen LogP contribution in [0.15, 0.2) is 36.4 Å². The molecule has 0 amide bonds. The number of carbonyl (C=O) groups is 3. The third-order valence-electron chi connectivity index (χ3n) is 3.37. The maximum absolute atomic E-state index is 12.5. The molecule has 112 valence electrons. The Balaban J connectivity index is 2.53. The first-order chi connectivity index (χ1) is 10.3. The van der Waals surface area contributed by atoms with Gasteiger partial charge in [0.25, 0.3) is 0 Å². The van der Waals surface area contributed by atoms with Gasteiger partial charge in [0.2, 0.25) is 0 Å². The first kappa shape index (κ1) is 15.4. The number of hydrogen-bond donors (Lipinski definition) is 2. The second-order valence-corrected chi connectivity index (χ2v) is 5.02. The molecule has 0 fully saturated rings. The van der Waals surface area contributed by atoms with E-state index in [4.69, 9.17) is 10.2 Å². The third-order valence-corrected chi connectivity index (χ3v) is 3.37. The number of carboxylic acids is 2. The Hall–Kier alpha value is -2.95. The standard InChI is InChI=1S/C17H14O5/c1-9-3-5-12(10(2)7-9)15(18)11-4-6-13(16(19)20)14(8-11)17(21)22/h3-8H,1-2H3,(H,19,20)(H,21,22). The van der Waals surface area contributed by atoms with Gasteiger partial charge in [0.1, 0.15) is 0 Å². The number of aryl methyl sites for hydroxylation is 2. The highest BCUT2D eigenvalue weighted by molar-refractivity contribution is 6.12. The lowest BCUT2D eigenvalue weighted by molar-refractivity contribution is 0.0651. The van der Waals surface area contributed by atoms with Crippen LogP contribution in [0.4, 0.5) is 0 Å². The summed E-state index contributed by atoms with van der Waals surface area (Å²) in [5, 5.41) is 18.1. The van der Waals surface area contributed by atoms with Crippen molar-refractivity contribution in [2.45, 2.75) is 13.8 Å². The van der Waals surface area contributed by atoms with Gasteiger partial charge in [0.05, 0.1) is 11.1 Å². The summed E-state index contributed by atoms with van der Waals surface area (Å²) in [5.41, 5.74) is 1.66. The number of rotatable bonds is 4. The van der Waals surface area contributed by atoms with Crippen molar-refractivity contribution in [1.82, 2.24) is 0 Å². The topological polar surface area (TPSA) is 91.7 Å². The quantitative estimate of drug-likeness (QED) is 0.847.